The third kappa shape index (κ3) is 2.89. The molecule has 1 heterocycles. The van der Waals surface area contributed by atoms with Crippen molar-refractivity contribution in [3.8, 4) is 0 Å². The second kappa shape index (κ2) is 4.64. The van der Waals surface area contributed by atoms with Crippen LogP contribution in [-0.2, 0) is 0 Å². The average molecular weight is 182 g/mol. The first-order valence-corrected chi connectivity index (χ1v) is 4.49. The Labute approximate surface area is 77.1 Å². The molecule has 0 unspecified atom stereocenters. The highest BCUT2D eigenvalue weighted by atomic mass is 16.6. The molecule has 0 aliphatic carbocycles. The number of hydrogen-bond acceptors (Lipinski definition) is 2. The number of nitro groups is 1. The molecule has 0 radical (unpaired) electrons. The molecule has 13 heavy (non-hydrogen) atoms. The Bertz CT molecular complexity index is 257. The number of rotatable bonds is 5. The Morgan fingerprint density at radius 2 is 2.46 bits per heavy atom. The smallest absolute Gasteiger partial charge is 0.212 e. The molecule has 0 saturated heterocycles. The first kappa shape index (κ1) is 9.77. The molecule has 4 nitrogen and oxygen atoms in total. The molecule has 0 fully saturated rings. The van der Waals surface area contributed by atoms with Gasteiger partial charge in [0.05, 0.1) is 5.92 Å². The molecule has 4 heteroatoms. The van der Waals surface area contributed by atoms with Crippen molar-refractivity contribution in [3.63, 3.8) is 0 Å². The van der Waals surface area contributed by atoms with Crippen molar-refractivity contribution >= 4 is 0 Å². The van der Waals surface area contributed by atoms with Gasteiger partial charge in [0.2, 0.25) is 6.54 Å². The molecule has 0 bridgehead atoms. The van der Waals surface area contributed by atoms with Crippen LogP contribution < -0.4 is 0 Å². The lowest BCUT2D eigenvalue weighted by atomic mass is 10.0. The van der Waals surface area contributed by atoms with Crippen LogP contribution in [-0.4, -0.2) is 16.5 Å². The van der Waals surface area contributed by atoms with Crippen LogP contribution in [0.3, 0.4) is 0 Å². The number of hydrogen-bond donors (Lipinski definition) is 1. The van der Waals surface area contributed by atoms with Gasteiger partial charge in [0.1, 0.15) is 0 Å². The van der Waals surface area contributed by atoms with E-state index in [4.69, 9.17) is 0 Å². The zero-order chi connectivity index (χ0) is 9.68. The molecule has 0 amide bonds. The summed E-state index contributed by atoms with van der Waals surface area (Å²) in [5.41, 5.74) is 0.971. The molecule has 1 aromatic rings. The lowest BCUT2D eigenvalue weighted by molar-refractivity contribution is -0.483. The Hall–Kier alpha value is -1.32. The van der Waals surface area contributed by atoms with E-state index in [1.54, 1.807) is 6.20 Å². The summed E-state index contributed by atoms with van der Waals surface area (Å²) in [6, 6.07) is 3.78. The van der Waals surface area contributed by atoms with Crippen molar-refractivity contribution in [2.75, 3.05) is 6.54 Å². The Kier molecular flexibility index (Phi) is 3.49. The van der Waals surface area contributed by atoms with Crippen LogP contribution in [0.25, 0.3) is 0 Å². The lowest BCUT2D eigenvalue weighted by Gasteiger charge is -2.08. The minimum absolute atomic E-state index is 0.0222. The molecular formula is C9H14N2O2. The maximum atomic E-state index is 10.4. The number of nitrogens with one attached hydrogen (secondary N) is 1. The maximum absolute atomic E-state index is 10.4. The van der Waals surface area contributed by atoms with E-state index in [-0.39, 0.29) is 17.4 Å². The Morgan fingerprint density at radius 1 is 1.69 bits per heavy atom. The summed E-state index contributed by atoms with van der Waals surface area (Å²) in [7, 11) is 0. The van der Waals surface area contributed by atoms with Crippen molar-refractivity contribution in [2.24, 2.45) is 0 Å². The number of aromatic amines is 1. The quantitative estimate of drug-likeness (QED) is 0.560. The van der Waals surface area contributed by atoms with E-state index in [9.17, 15) is 10.1 Å². The number of nitrogens with zero attached hydrogens (tertiary/aromatic N) is 1. The van der Waals surface area contributed by atoms with Gasteiger partial charge in [-0.2, -0.15) is 0 Å². The second-order valence-corrected chi connectivity index (χ2v) is 3.13. The molecule has 0 aliphatic heterocycles. The van der Waals surface area contributed by atoms with E-state index < -0.39 is 0 Å². The fourth-order valence-electron chi connectivity index (χ4n) is 1.47. The first-order chi connectivity index (χ1) is 6.24. The molecule has 1 N–H and O–H groups in total. The predicted octanol–water partition coefficient (Wildman–Crippen LogP) is 2.18. The zero-order valence-corrected chi connectivity index (χ0v) is 7.69. The minimum atomic E-state index is -0.249. The van der Waals surface area contributed by atoms with Crippen LogP contribution in [0.1, 0.15) is 31.4 Å². The van der Waals surface area contributed by atoms with E-state index >= 15 is 0 Å². The summed E-state index contributed by atoms with van der Waals surface area (Å²) in [6.07, 6.45) is 3.64. The van der Waals surface area contributed by atoms with Crippen molar-refractivity contribution < 1.29 is 4.92 Å². The van der Waals surface area contributed by atoms with Gasteiger partial charge in [-0.1, -0.05) is 13.3 Å². The molecule has 0 saturated carbocycles. The molecular weight excluding hydrogens is 168 g/mol. The fraction of sp³-hybridized carbons (Fsp3) is 0.556. The van der Waals surface area contributed by atoms with Gasteiger partial charge in [-0.05, 0) is 18.6 Å². The van der Waals surface area contributed by atoms with Gasteiger partial charge in [-0.25, -0.2) is 0 Å². The largest absolute Gasteiger partial charge is 0.365 e. The lowest BCUT2D eigenvalue weighted by Crippen LogP contribution is -2.12. The van der Waals surface area contributed by atoms with Gasteiger partial charge in [0.25, 0.3) is 0 Å². The van der Waals surface area contributed by atoms with Crippen LogP contribution in [0.2, 0.25) is 0 Å². The molecule has 0 spiro atoms. The number of H-pyrrole nitrogens is 1. The summed E-state index contributed by atoms with van der Waals surface area (Å²) in [4.78, 5) is 13.1. The SMILES string of the molecule is CCC[C@H](C[N+](=O)[O-])c1ccc[nH]1. The molecule has 72 valence electrons. The van der Waals surface area contributed by atoms with Crippen molar-refractivity contribution in [2.45, 2.75) is 25.7 Å². The second-order valence-electron chi connectivity index (χ2n) is 3.13. The first-order valence-electron chi connectivity index (χ1n) is 4.49. The standard InChI is InChI=1S/C9H14N2O2/c1-2-4-8(7-11(12)13)9-5-3-6-10-9/h3,5-6,8,10H,2,4,7H2,1H3/t8-/m1/s1. The normalized spacial score (nSPS) is 12.7. The highest BCUT2D eigenvalue weighted by Crippen LogP contribution is 2.19. The van der Waals surface area contributed by atoms with E-state index in [1.165, 1.54) is 0 Å². The van der Waals surface area contributed by atoms with Crippen LogP contribution in [0.4, 0.5) is 0 Å². The third-order valence-corrected chi connectivity index (χ3v) is 2.07. The summed E-state index contributed by atoms with van der Waals surface area (Å²) in [5, 5.41) is 10.4. The van der Waals surface area contributed by atoms with Crippen molar-refractivity contribution in [1.82, 2.24) is 4.98 Å². The average Bonchev–Trinajstić information content (AvgIpc) is 2.54. The highest BCUT2D eigenvalue weighted by molar-refractivity contribution is 5.09. The molecule has 0 aromatic carbocycles. The monoisotopic (exact) mass is 182 g/mol. The summed E-state index contributed by atoms with van der Waals surface area (Å²) >= 11 is 0. The summed E-state index contributed by atoms with van der Waals surface area (Å²) in [6.45, 7) is 2.06. The Balaban J connectivity index is 2.62. The van der Waals surface area contributed by atoms with Crippen LogP contribution in [0.15, 0.2) is 18.3 Å². The van der Waals surface area contributed by atoms with Gasteiger partial charge in [-0.15, -0.1) is 0 Å². The third-order valence-electron chi connectivity index (χ3n) is 2.07. The maximum Gasteiger partial charge on any atom is 0.212 e. The molecule has 1 rings (SSSR count). The summed E-state index contributed by atoms with van der Waals surface area (Å²) < 4.78 is 0. The van der Waals surface area contributed by atoms with Gasteiger partial charge in [0, 0.05) is 16.8 Å². The van der Waals surface area contributed by atoms with Crippen molar-refractivity contribution in [1.29, 1.82) is 0 Å². The van der Waals surface area contributed by atoms with Crippen LogP contribution in [0.5, 0.6) is 0 Å². The zero-order valence-electron chi connectivity index (χ0n) is 7.69. The molecule has 1 atom stereocenters. The van der Waals surface area contributed by atoms with E-state index in [0.717, 1.165) is 18.5 Å². The Morgan fingerprint density at radius 3 is 2.92 bits per heavy atom. The van der Waals surface area contributed by atoms with Crippen molar-refractivity contribution in [3.05, 3.63) is 34.1 Å². The highest BCUT2D eigenvalue weighted by Gasteiger charge is 2.16. The van der Waals surface area contributed by atoms with E-state index in [0.29, 0.717) is 0 Å². The van der Waals surface area contributed by atoms with E-state index in [1.807, 2.05) is 19.1 Å². The van der Waals surface area contributed by atoms with Crippen LogP contribution in [0, 0.1) is 10.1 Å². The summed E-state index contributed by atoms with van der Waals surface area (Å²) in [5.74, 6) is 0.0370. The van der Waals surface area contributed by atoms with E-state index in [2.05, 4.69) is 4.98 Å². The predicted molar refractivity (Wildman–Crippen MR) is 50.3 cm³/mol. The minimum Gasteiger partial charge on any atom is -0.365 e. The molecule has 0 aliphatic rings. The van der Waals surface area contributed by atoms with Crippen LogP contribution >= 0.6 is 0 Å². The van der Waals surface area contributed by atoms with Gasteiger partial charge < -0.3 is 4.98 Å². The topological polar surface area (TPSA) is 58.9 Å². The fourth-order valence-corrected chi connectivity index (χ4v) is 1.47. The van der Waals surface area contributed by atoms with Gasteiger partial charge in [-0.3, -0.25) is 10.1 Å². The van der Waals surface area contributed by atoms with Gasteiger partial charge >= 0.3 is 0 Å². The number of aromatic nitrogens is 1. The van der Waals surface area contributed by atoms with Gasteiger partial charge in [0.15, 0.2) is 0 Å². The molecule has 1 aromatic heterocycles.